The Kier molecular flexibility index (Phi) is 20.1. The molecule has 0 saturated heterocycles. The Morgan fingerprint density at radius 2 is 0.977 bits per heavy atom. The van der Waals surface area contributed by atoms with Gasteiger partial charge in [-0.05, 0) is 80.6 Å². The first-order chi connectivity index (χ1) is 21.1. The summed E-state index contributed by atoms with van der Waals surface area (Å²) in [4.78, 5) is 12.1. The molecule has 0 atom stereocenters. The number of rotatable bonds is 26. The van der Waals surface area contributed by atoms with Crippen molar-refractivity contribution in [2.24, 2.45) is 0 Å². The molecule has 0 aromatic heterocycles. The summed E-state index contributed by atoms with van der Waals surface area (Å²) in [6, 6.07) is 15.4. The fraction of sp³-hybridized carbons (Fsp3) is 0.583. The van der Waals surface area contributed by atoms with E-state index in [1.54, 1.807) is 0 Å². The zero-order chi connectivity index (χ0) is 30.8. The lowest BCUT2D eigenvalue weighted by molar-refractivity contribution is 0.252. The summed E-state index contributed by atoms with van der Waals surface area (Å²) in [5, 5.41) is 12.5. The van der Waals surface area contributed by atoms with Crippen LogP contribution in [0.25, 0.3) is 0 Å². The molecule has 0 spiro atoms. The number of carbonyl (C=O) groups excluding carboxylic acids is 1. The maximum absolute atomic E-state index is 12.1. The first-order valence-electron chi connectivity index (χ1n) is 16.8. The van der Waals surface area contributed by atoms with E-state index in [-0.39, 0.29) is 6.03 Å². The molecule has 0 aliphatic heterocycles. The molecule has 0 radical (unpaired) electrons. The number of hydrogen-bond acceptors (Lipinski definition) is 5. The van der Waals surface area contributed by atoms with Crippen molar-refractivity contribution >= 4 is 17.4 Å². The highest BCUT2D eigenvalue weighted by Crippen LogP contribution is 2.18. The minimum absolute atomic E-state index is 0.158. The van der Waals surface area contributed by atoms with Gasteiger partial charge in [0.1, 0.15) is 11.5 Å². The zero-order valence-corrected chi connectivity index (χ0v) is 27.0. The molecule has 7 heteroatoms. The normalized spacial score (nSPS) is 10.7. The van der Waals surface area contributed by atoms with Crippen molar-refractivity contribution in [2.75, 3.05) is 36.9 Å². The maximum Gasteiger partial charge on any atom is 0.319 e. The predicted octanol–water partition coefficient (Wildman–Crippen LogP) is 9.63. The lowest BCUT2D eigenvalue weighted by Crippen LogP contribution is -2.29. The molecule has 0 unspecified atom stereocenters. The minimum atomic E-state index is -0.158. The Bertz CT molecular complexity index is 899. The van der Waals surface area contributed by atoms with Crippen LogP contribution < -0.4 is 30.7 Å². The third kappa shape index (κ3) is 18.7. The number of urea groups is 1. The van der Waals surface area contributed by atoms with Crippen LogP contribution in [0.1, 0.15) is 110 Å². The number of hydrogen-bond donors (Lipinski definition) is 4. The van der Waals surface area contributed by atoms with Gasteiger partial charge < -0.3 is 30.7 Å². The first kappa shape index (κ1) is 35.8. The Labute approximate surface area is 261 Å². The molecule has 0 bridgehead atoms. The van der Waals surface area contributed by atoms with Crippen molar-refractivity contribution in [1.82, 2.24) is 10.6 Å². The molecular formula is C36H58N4O3. The van der Waals surface area contributed by atoms with E-state index in [0.29, 0.717) is 19.8 Å². The topological polar surface area (TPSA) is 83.7 Å². The third-order valence-corrected chi connectivity index (χ3v) is 7.27. The zero-order valence-electron chi connectivity index (χ0n) is 27.0. The molecule has 240 valence electrons. The van der Waals surface area contributed by atoms with Crippen LogP contribution >= 0.6 is 0 Å². The minimum Gasteiger partial charge on any atom is -0.494 e. The van der Waals surface area contributed by atoms with Gasteiger partial charge in [0, 0.05) is 24.5 Å². The van der Waals surface area contributed by atoms with Crippen molar-refractivity contribution in [1.29, 1.82) is 0 Å². The van der Waals surface area contributed by atoms with Crippen molar-refractivity contribution < 1.29 is 14.3 Å². The van der Waals surface area contributed by atoms with E-state index in [1.165, 1.54) is 70.6 Å². The van der Waals surface area contributed by atoms with E-state index in [2.05, 4.69) is 41.7 Å². The third-order valence-electron chi connectivity index (χ3n) is 7.27. The van der Waals surface area contributed by atoms with E-state index in [1.807, 2.05) is 48.5 Å². The summed E-state index contributed by atoms with van der Waals surface area (Å²) in [5.74, 6) is 2.51. The Balaban J connectivity index is 1.47. The molecule has 2 aromatic carbocycles. The molecule has 43 heavy (non-hydrogen) atoms. The van der Waals surface area contributed by atoms with Crippen LogP contribution in [0.15, 0.2) is 60.9 Å². The van der Waals surface area contributed by atoms with Gasteiger partial charge in [-0.15, -0.1) is 0 Å². The number of anilines is 2. The van der Waals surface area contributed by atoms with Crippen LogP contribution in [0.4, 0.5) is 16.2 Å². The van der Waals surface area contributed by atoms with Crippen LogP contribution in [0, 0.1) is 0 Å². The molecule has 0 aliphatic carbocycles. The molecule has 4 N–H and O–H groups in total. The van der Waals surface area contributed by atoms with Crippen molar-refractivity contribution in [3.63, 3.8) is 0 Å². The average molecular weight is 595 g/mol. The molecule has 7 nitrogen and oxygen atoms in total. The van der Waals surface area contributed by atoms with E-state index >= 15 is 0 Å². The molecule has 2 amide bonds. The van der Waals surface area contributed by atoms with Gasteiger partial charge >= 0.3 is 6.03 Å². The number of nitrogens with one attached hydrogen (secondary N) is 4. The Morgan fingerprint density at radius 3 is 1.49 bits per heavy atom. The second-order valence-electron chi connectivity index (χ2n) is 11.3. The molecular weight excluding hydrogens is 536 g/mol. The summed E-state index contributed by atoms with van der Waals surface area (Å²) in [6.07, 6.45) is 18.0. The number of ether oxygens (including phenoxy) is 2. The van der Waals surface area contributed by atoms with E-state index in [4.69, 9.17) is 9.47 Å². The van der Waals surface area contributed by atoms with Crippen LogP contribution in [0.3, 0.4) is 0 Å². The maximum atomic E-state index is 12.1. The highest BCUT2D eigenvalue weighted by atomic mass is 16.5. The van der Waals surface area contributed by atoms with E-state index in [0.717, 1.165) is 60.9 Å². The summed E-state index contributed by atoms with van der Waals surface area (Å²) in [5.41, 5.74) is 1.76. The summed E-state index contributed by atoms with van der Waals surface area (Å²) in [6.45, 7) is 11.5. The second-order valence-corrected chi connectivity index (χ2v) is 11.3. The van der Waals surface area contributed by atoms with Crippen LogP contribution in [0.5, 0.6) is 11.5 Å². The highest BCUT2D eigenvalue weighted by Gasteiger charge is 2.03. The first-order valence-corrected chi connectivity index (χ1v) is 16.8. The van der Waals surface area contributed by atoms with E-state index in [9.17, 15) is 4.79 Å². The fourth-order valence-electron chi connectivity index (χ4n) is 4.68. The number of carbonyl (C=O) groups is 1. The van der Waals surface area contributed by atoms with Crippen molar-refractivity contribution in [3.05, 3.63) is 60.9 Å². The van der Waals surface area contributed by atoms with Gasteiger partial charge in [-0.3, -0.25) is 0 Å². The van der Waals surface area contributed by atoms with Crippen molar-refractivity contribution in [3.8, 4) is 11.5 Å². The second kappa shape index (κ2) is 24.1. The van der Waals surface area contributed by atoms with Gasteiger partial charge in [0.05, 0.1) is 19.0 Å². The predicted molar refractivity (Wildman–Crippen MR) is 182 cm³/mol. The lowest BCUT2D eigenvalue weighted by Gasteiger charge is -2.13. The van der Waals surface area contributed by atoms with Crippen LogP contribution in [-0.4, -0.2) is 32.3 Å². The smallest absolute Gasteiger partial charge is 0.319 e. The highest BCUT2D eigenvalue weighted by molar-refractivity contribution is 5.89. The lowest BCUT2D eigenvalue weighted by atomic mass is 10.1. The van der Waals surface area contributed by atoms with Gasteiger partial charge in [0.2, 0.25) is 0 Å². The molecule has 2 aromatic rings. The largest absolute Gasteiger partial charge is 0.494 e. The van der Waals surface area contributed by atoms with Gasteiger partial charge in [0.15, 0.2) is 0 Å². The van der Waals surface area contributed by atoms with Gasteiger partial charge in [-0.1, -0.05) is 84.6 Å². The molecule has 2 rings (SSSR count). The van der Waals surface area contributed by atoms with Crippen LogP contribution in [0.2, 0.25) is 0 Å². The van der Waals surface area contributed by atoms with Gasteiger partial charge in [-0.2, -0.15) is 0 Å². The number of amides is 2. The van der Waals surface area contributed by atoms with Crippen molar-refractivity contribution in [2.45, 2.75) is 110 Å². The van der Waals surface area contributed by atoms with Gasteiger partial charge in [0.25, 0.3) is 0 Å². The summed E-state index contributed by atoms with van der Waals surface area (Å²) >= 11 is 0. The van der Waals surface area contributed by atoms with Gasteiger partial charge in [-0.25, -0.2) is 4.79 Å². The molecule has 0 fully saturated rings. The standard InChI is InChI=1S/C36H58N4O3/c1-4-6-8-10-12-15-27-37-31(3)39-32-19-23-34(24-20-32)42-29-17-14-18-30-43-35-25-21-33(22-26-35)40-36(41)38-28-16-13-11-9-7-5-2/h19-26,37,39H,3-18,27-30H2,1-2H3,(H2,38,40,41). The monoisotopic (exact) mass is 594 g/mol. The number of benzene rings is 2. The quantitative estimate of drug-likeness (QED) is 0.0815. The fourth-order valence-corrected chi connectivity index (χ4v) is 4.68. The average Bonchev–Trinajstić information content (AvgIpc) is 3.01. The summed E-state index contributed by atoms with van der Waals surface area (Å²) < 4.78 is 11.8. The van der Waals surface area contributed by atoms with E-state index < -0.39 is 0 Å². The SMILES string of the molecule is C=C(NCCCCCCCC)Nc1ccc(OCCCCCOc2ccc(NC(=O)NCCCCCCCC)cc2)cc1. The Hall–Kier alpha value is -3.35. The Morgan fingerprint density at radius 1 is 0.558 bits per heavy atom. The molecule has 0 saturated carbocycles. The molecule has 0 aliphatic rings. The summed E-state index contributed by atoms with van der Waals surface area (Å²) in [7, 11) is 0. The number of unbranched alkanes of at least 4 members (excludes halogenated alkanes) is 12. The molecule has 0 heterocycles. The van der Waals surface area contributed by atoms with Crippen LogP contribution in [-0.2, 0) is 0 Å².